The first-order valence-corrected chi connectivity index (χ1v) is 13.5. The van der Waals surface area contributed by atoms with E-state index in [-0.39, 0.29) is 17.0 Å². The van der Waals surface area contributed by atoms with E-state index in [4.69, 9.17) is 37.4 Å². The van der Waals surface area contributed by atoms with Crippen molar-refractivity contribution in [2.24, 2.45) is 5.41 Å². The van der Waals surface area contributed by atoms with E-state index < -0.39 is 28.9 Å². The van der Waals surface area contributed by atoms with E-state index >= 15 is 0 Å². The second-order valence-electron chi connectivity index (χ2n) is 9.55. The van der Waals surface area contributed by atoms with Gasteiger partial charge in [-0.25, -0.2) is 4.79 Å². The molecular formula is C29H34Cl2O6. The van der Waals surface area contributed by atoms with Crippen LogP contribution in [0.25, 0.3) is 0 Å². The van der Waals surface area contributed by atoms with Crippen LogP contribution in [0.3, 0.4) is 0 Å². The topological polar surface area (TPSA) is 78.9 Å². The maximum absolute atomic E-state index is 13.4. The number of carbonyl (C=O) groups excluding carboxylic acids is 3. The van der Waals surface area contributed by atoms with Gasteiger partial charge in [0.05, 0.1) is 24.8 Å². The number of hydrogen-bond acceptors (Lipinski definition) is 6. The number of ether oxygens (including phenoxy) is 3. The lowest BCUT2D eigenvalue weighted by Gasteiger charge is -2.43. The normalized spacial score (nSPS) is 18.2. The molecule has 2 aliphatic carbocycles. The summed E-state index contributed by atoms with van der Waals surface area (Å²) in [6.45, 7) is 2.12. The van der Waals surface area contributed by atoms with E-state index in [1.807, 2.05) is 6.08 Å². The highest BCUT2D eigenvalue weighted by atomic mass is 35.5. The van der Waals surface area contributed by atoms with Crippen molar-refractivity contribution in [2.75, 3.05) is 14.2 Å². The van der Waals surface area contributed by atoms with Crippen molar-refractivity contribution in [1.82, 2.24) is 0 Å². The number of rotatable bonds is 8. The van der Waals surface area contributed by atoms with E-state index in [0.29, 0.717) is 29.9 Å². The van der Waals surface area contributed by atoms with Crippen LogP contribution in [0.15, 0.2) is 47.2 Å². The van der Waals surface area contributed by atoms with Gasteiger partial charge in [0.25, 0.3) is 0 Å². The van der Waals surface area contributed by atoms with Gasteiger partial charge in [0.2, 0.25) is 0 Å². The van der Waals surface area contributed by atoms with E-state index in [1.165, 1.54) is 26.4 Å². The fourth-order valence-corrected chi connectivity index (χ4v) is 5.61. The van der Waals surface area contributed by atoms with Gasteiger partial charge in [0.15, 0.2) is 5.41 Å². The molecule has 8 heteroatoms. The molecule has 200 valence electrons. The van der Waals surface area contributed by atoms with Gasteiger partial charge in [-0.3, -0.25) is 9.59 Å². The lowest BCUT2D eigenvalue weighted by molar-refractivity contribution is -0.165. The van der Waals surface area contributed by atoms with Gasteiger partial charge < -0.3 is 14.2 Å². The number of unbranched alkanes of at least 4 members (excludes halogenated alkanes) is 2. The summed E-state index contributed by atoms with van der Waals surface area (Å²) < 4.78 is 16.4. The Morgan fingerprint density at radius 2 is 1.70 bits per heavy atom. The van der Waals surface area contributed by atoms with Crippen LogP contribution in [0.2, 0.25) is 10.0 Å². The van der Waals surface area contributed by atoms with Gasteiger partial charge >= 0.3 is 17.9 Å². The first-order chi connectivity index (χ1) is 17.7. The van der Waals surface area contributed by atoms with Crippen molar-refractivity contribution in [3.8, 4) is 0 Å². The second kappa shape index (κ2) is 12.8. The zero-order valence-electron chi connectivity index (χ0n) is 21.7. The number of hydrogen-bond donors (Lipinski definition) is 0. The standard InChI is InChI=1S/C29H34Cl2O6/c1-4-5-6-8-11-20-14-17-28(26(33)35-2,27(34)36-3)19-23(20)29(15-9-7-10-16-29)37-25(32)22-13-12-21(30)18-24(22)31/h8,12-13,18-19H,4-7,9-10,14-17H2,1-3H3. The molecule has 0 aliphatic heterocycles. The molecule has 0 unspecified atom stereocenters. The molecular weight excluding hydrogens is 515 g/mol. The van der Waals surface area contributed by atoms with Gasteiger partial charge in [-0.15, -0.1) is 5.73 Å². The largest absolute Gasteiger partial charge is 0.468 e. The predicted molar refractivity (Wildman–Crippen MR) is 143 cm³/mol. The molecule has 1 fully saturated rings. The van der Waals surface area contributed by atoms with Crippen molar-refractivity contribution in [3.05, 3.63) is 62.8 Å². The van der Waals surface area contributed by atoms with Crippen LogP contribution in [-0.2, 0) is 23.8 Å². The van der Waals surface area contributed by atoms with Gasteiger partial charge in [-0.1, -0.05) is 43.0 Å². The van der Waals surface area contributed by atoms with Crippen molar-refractivity contribution in [3.63, 3.8) is 0 Å². The lowest BCUT2D eigenvalue weighted by atomic mass is 9.67. The Morgan fingerprint density at radius 1 is 1.03 bits per heavy atom. The maximum Gasteiger partial charge on any atom is 0.340 e. The maximum atomic E-state index is 13.4. The predicted octanol–water partition coefficient (Wildman–Crippen LogP) is 7.18. The quantitative estimate of drug-likeness (QED) is 0.112. The molecule has 0 amide bonds. The summed E-state index contributed by atoms with van der Waals surface area (Å²) >= 11 is 12.3. The zero-order chi connectivity index (χ0) is 27.1. The third kappa shape index (κ3) is 6.31. The van der Waals surface area contributed by atoms with E-state index in [2.05, 4.69) is 12.7 Å². The summed E-state index contributed by atoms with van der Waals surface area (Å²) in [7, 11) is 2.49. The van der Waals surface area contributed by atoms with Crippen molar-refractivity contribution in [1.29, 1.82) is 0 Å². The summed E-state index contributed by atoms with van der Waals surface area (Å²) in [5.41, 5.74) is 2.32. The third-order valence-electron chi connectivity index (χ3n) is 7.15. The van der Waals surface area contributed by atoms with Gasteiger partial charge in [-0.05, 0) is 81.7 Å². The molecule has 1 aromatic carbocycles. The SMILES string of the molecule is CCCCC=C=C1CCC(C(=O)OC)(C(=O)OC)C=C1C1(OC(=O)c2ccc(Cl)cc2Cl)CCCCC1. The Morgan fingerprint density at radius 3 is 2.30 bits per heavy atom. The van der Waals surface area contributed by atoms with Gasteiger partial charge in [-0.2, -0.15) is 0 Å². The van der Waals surface area contributed by atoms with Crippen LogP contribution in [0.4, 0.5) is 0 Å². The van der Waals surface area contributed by atoms with Crippen LogP contribution in [0, 0.1) is 5.41 Å². The second-order valence-corrected chi connectivity index (χ2v) is 10.4. The Bertz CT molecular complexity index is 1110. The van der Waals surface area contributed by atoms with Crippen molar-refractivity contribution >= 4 is 41.1 Å². The number of halogens is 2. The smallest absolute Gasteiger partial charge is 0.340 e. The molecule has 3 rings (SSSR count). The monoisotopic (exact) mass is 548 g/mol. The zero-order valence-corrected chi connectivity index (χ0v) is 23.2. The number of methoxy groups -OCH3 is 2. The van der Waals surface area contributed by atoms with Gasteiger partial charge in [0.1, 0.15) is 5.60 Å². The molecule has 0 N–H and O–H groups in total. The Labute approximate surface area is 228 Å². The molecule has 1 saturated carbocycles. The molecule has 1 aromatic rings. The first-order valence-electron chi connectivity index (χ1n) is 12.8. The highest BCUT2D eigenvalue weighted by Crippen LogP contribution is 2.49. The molecule has 0 heterocycles. The minimum atomic E-state index is -1.64. The number of esters is 3. The Balaban J connectivity index is 2.18. The average molecular weight is 549 g/mol. The van der Waals surface area contributed by atoms with Crippen LogP contribution < -0.4 is 0 Å². The highest BCUT2D eigenvalue weighted by molar-refractivity contribution is 6.36. The summed E-state index contributed by atoms with van der Waals surface area (Å²) in [5.74, 6) is -2.00. The van der Waals surface area contributed by atoms with Crippen LogP contribution in [0.5, 0.6) is 0 Å². The summed E-state index contributed by atoms with van der Waals surface area (Å²) in [5, 5.41) is 0.599. The number of benzene rings is 1. The molecule has 0 bridgehead atoms. The molecule has 2 aliphatic rings. The molecule has 6 nitrogen and oxygen atoms in total. The molecule has 0 aromatic heterocycles. The van der Waals surface area contributed by atoms with Crippen LogP contribution in [-0.4, -0.2) is 37.7 Å². The summed E-state index contributed by atoms with van der Waals surface area (Å²) in [6.07, 6.45) is 10.7. The first kappa shape index (κ1) is 29.0. The fraction of sp³-hybridized carbons (Fsp3) is 0.517. The minimum absolute atomic E-state index is 0.173. The Kier molecular flexibility index (Phi) is 10.1. The van der Waals surface area contributed by atoms with Gasteiger partial charge in [0, 0.05) is 16.2 Å². The average Bonchev–Trinajstić information content (AvgIpc) is 2.90. The van der Waals surface area contributed by atoms with Crippen molar-refractivity contribution in [2.45, 2.75) is 76.7 Å². The van der Waals surface area contributed by atoms with Crippen LogP contribution >= 0.6 is 23.2 Å². The van der Waals surface area contributed by atoms with E-state index in [1.54, 1.807) is 12.1 Å². The number of carbonyl (C=O) groups is 3. The van der Waals surface area contributed by atoms with E-state index in [0.717, 1.165) is 44.1 Å². The van der Waals surface area contributed by atoms with Crippen molar-refractivity contribution < 1.29 is 28.6 Å². The molecule has 37 heavy (non-hydrogen) atoms. The third-order valence-corrected chi connectivity index (χ3v) is 7.70. The molecule has 0 saturated heterocycles. The lowest BCUT2D eigenvalue weighted by Crippen LogP contribution is -2.46. The molecule has 0 spiro atoms. The minimum Gasteiger partial charge on any atom is -0.468 e. The van der Waals surface area contributed by atoms with E-state index in [9.17, 15) is 14.4 Å². The summed E-state index contributed by atoms with van der Waals surface area (Å²) in [6, 6.07) is 4.61. The summed E-state index contributed by atoms with van der Waals surface area (Å²) in [4.78, 5) is 39.5. The fourth-order valence-electron chi connectivity index (χ4n) is 5.13. The Hall–Kier alpha value is -2.53. The highest BCUT2D eigenvalue weighted by Gasteiger charge is 2.53. The molecule has 0 radical (unpaired) electrons. The molecule has 0 atom stereocenters. The van der Waals surface area contributed by atoms with Crippen LogP contribution in [0.1, 0.15) is 81.5 Å².